The van der Waals surface area contributed by atoms with Crippen molar-refractivity contribution in [2.45, 2.75) is 45.2 Å². The van der Waals surface area contributed by atoms with Crippen molar-refractivity contribution >= 4 is 17.2 Å². The topological polar surface area (TPSA) is 58.1 Å². The van der Waals surface area contributed by atoms with Crippen molar-refractivity contribution in [3.05, 3.63) is 45.7 Å². The predicted octanol–water partition coefficient (Wildman–Crippen LogP) is 3.62. The minimum atomic E-state index is -0.281. The van der Waals surface area contributed by atoms with E-state index in [-0.39, 0.29) is 11.7 Å². The van der Waals surface area contributed by atoms with E-state index in [4.69, 9.17) is 0 Å². The minimum Gasteiger partial charge on any atom is -0.346 e. The molecule has 2 heterocycles. The quantitative estimate of drug-likeness (QED) is 0.850. The number of carbonyl (C=O) groups excluding carboxylic acids is 1. The van der Waals surface area contributed by atoms with Gasteiger partial charge in [0, 0.05) is 13.1 Å². The summed E-state index contributed by atoms with van der Waals surface area (Å²) in [5.74, 6) is 1.24. The van der Waals surface area contributed by atoms with E-state index >= 15 is 0 Å². The third-order valence-corrected chi connectivity index (χ3v) is 6.67. The number of nitrogens with zero attached hydrogens (tertiary/aromatic N) is 3. The molecule has 0 bridgehead atoms. The molecule has 1 saturated carbocycles. The number of aromatic nitrogens is 2. The Morgan fingerprint density at radius 1 is 1.15 bits per heavy atom. The van der Waals surface area contributed by atoms with E-state index in [2.05, 4.69) is 20.4 Å². The van der Waals surface area contributed by atoms with E-state index in [1.807, 2.05) is 0 Å². The third-order valence-electron chi connectivity index (χ3n) is 5.76. The summed E-state index contributed by atoms with van der Waals surface area (Å²) < 4.78 is 12.9. The van der Waals surface area contributed by atoms with Crippen LogP contribution in [0.4, 0.5) is 4.39 Å². The Morgan fingerprint density at radius 3 is 2.74 bits per heavy atom. The van der Waals surface area contributed by atoms with Gasteiger partial charge < -0.3 is 5.32 Å². The number of fused-ring (bicyclic) bond motifs is 1. The molecule has 2 atom stereocenters. The van der Waals surface area contributed by atoms with Crippen molar-refractivity contribution < 1.29 is 9.18 Å². The van der Waals surface area contributed by atoms with Crippen LogP contribution in [0.5, 0.6) is 0 Å². The van der Waals surface area contributed by atoms with E-state index < -0.39 is 0 Å². The van der Waals surface area contributed by atoms with Crippen molar-refractivity contribution in [1.29, 1.82) is 0 Å². The standard InChI is InChI=1S/C20H25FN4OS/c21-17-7-5-14(6-8-17)11-22-19(26)20-24-23-18(27-20)13-25-10-9-15-3-1-2-4-16(15)12-25/h5-8,15-16H,1-4,9-13H2,(H,22,26). The van der Waals surface area contributed by atoms with Crippen LogP contribution in [-0.4, -0.2) is 34.1 Å². The molecule has 144 valence electrons. The van der Waals surface area contributed by atoms with Crippen LogP contribution in [0, 0.1) is 17.7 Å². The largest absolute Gasteiger partial charge is 0.346 e. The number of halogens is 1. The number of nitrogens with one attached hydrogen (secondary N) is 1. The molecule has 1 aliphatic heterocycles. The second-order valence-corrected chi connectivity index (χ2v) is 8.70. The highest BCUT2D eigenvalue weighted by Gasteiger charge is 2.31. The number of amides is 1. The van der Waals surface area contributed by atoms with Gasteiger partial charge in [-0.2, -0.15) is 0 Å². The third kappa shape index (κ3) is 4.71. The summed E-state index contributed by atoms with van der Waals surface area (Å²) in [6.45, 7) is 3.40. The van der Waals surface area contributed by atoms with E-state index in [0.717, 1.165) is 42.0 Å². The summed E-state index contributed by atoms with van der Waals surface area (Å²) in [5.41, 5.74) is 0.852. The fourth-order valence-corrected chi connectivity index (χ4v) is 5.08. The zero-order valence-corrected chi connectivity index (χ0v) is 16.2. The van der Waals surface area contributed by atoms with Crippen molar-refractivity contribution in [3.63, 3.8) is 0 Å². The monoisotopic (exact) mass is 388 g/mol. The van der Waals surface area contributed by atoms with Gasteiger partial charge in [0.05, 0.1) is 6.54 Å². The van der Waals surface area contributed by atoms with Crippen molar-refractivity contribution in [2.24, 2.45) is 11.8 Å². The highest BCUT2D eigenvalue weighted by molar-refractivity contribution is 7.13. The molecular weight excluding hydrogens is 363 g/mol. The maximum Gasteiger partial charge on any atom is 0.282 e. The lowest BCUT2D eigenvalue weighted by Crippen LogP contribution is -2.41. The molecule has 2 aliphatic rings. The lowest BCUT2D eigenvalue weighted by molar-refractivity contribution is 0.0819. The number of carbonyl (C=O) groups is 1. The van der Waals surface area contributed by atoms with Gasteiger partial charge in [-0.3, -0.25) is 9.69 Å². The average Bonchev–Trinajstić information content (AvgIpc) is 3.16. The number of likely N-dealkylation sites (tertiary alicyclic amines) is 1. The molecule has 1 aromatic carbocycles. The summed E-state index contributed by atoms with van der Waals surface area (Å²) in [6.07, 6.45) is 6.80. The first-order valence-electron chi connectivity index (χ1n) is 9.75. The van der Waals surface area contributed by atoms with Gasteiger partial charge in [-0.25, -0.2) is 4.39 Å². The molecule has 1 amide bonds. The first-order valence-corrected chi connectivity index (χ1v) is 10.6. The van der Waals surface area contributed by atoms with E-state index in [0.29, 0.717) is 11.6 Å². The predicted molar refractivity (Wildman–Crippen MR) is 103 cm³/mol. The SMILES string of the molecule is O=C(NCc1ccc(F)cc1)c1nnc(CN2CCC3CCCCC3C2)s1. The van der Waals surface area contributed by atoms with E-state index in [1.54, 1.807) is 12.1 Å². The first-order chi connectivity index (χ1) is 13.2. The van der Waals surface area contributed by atoms with Gasteiger partial charge in [0.25, 0.3) is 5.91 Å². The molecule has 5 nitrogen and oxygen atoms in total. The van der Waals surface area contributed by atoms with Gasteiger partial charge in [-0.05, 0) is 48.9 Å². The number of rotatable bonds is 5. The van der Waals surface area contributed by atoms with Crippen LogP contribution in [0.25, 0.3) is 0 Å². The van der Waals surface area contributed by atoms with Gasteiger partial charge >= 0.3 is 0 Å². The molecule has 1 saturated heterocycles. The summed E-state index contributed by atoms with van der Waals surface area (Å²) in [5, 5.41) is 12.4. The Bertz CT molecular complexity index is 779. The number of benzene rings is 1. The highest BCUT2D eigenvalue weighted by Crippen LogP contribution is 2.36. The summed E-state index contributed by atoms with van der Waals surface area (Å²) >= 11 is 1.37. The van der Waals surface area contributed by atoms with Crippen LogP contribution in [-0.2, 0) is 13.1 Å². The Kier molecular flexibility index (Phi) is 5.78. The molecule has 0 spiro atoms. The molecule has 27 heavy (non-hydrogen) atoms. The Balaban J connectivity index is 1.29. The number of hydrogen-bond acceptors (Lipinski definition) is 5. The van der Waals surface area contributed by atoms with Crippen LogP contribution in [0.2, 0.25) is 0 Å². The van der Waals surface area contributed by atoms with Gasteiger partial charge in [0.2, 0.25) is 5.01 Å². The lowest BCUT2D eigenvalue weighted by Gasteiger charge is -2.41. The van der Waals surface area contributed by atoms with Crippen molar-refractivity contribution in [2.75, 3.05) is 13.1 Å². The Morgan fingerprint density at radius 2 is 1.93 bits per heavy atom. The molecule has 7 heteroatoms. The average molecular weight is 389 g/mol. The minimum absolute atomic E-state index is 0.228. The van der Waals surface area contributed by atoms with Gasteiger partial charge in [0.1, 0.15) is 10.8 Å². The zero-order valence-electron chi connectivity index (χ0n) is 15.4. The van der Waals surface area contributed by atoms with Crippen LogP contribution in [0.3, 0.4) is 0 Å². The number of hydrogen-bond donors (Lipinski definition) is 1. The molecule has 0 radical (unpaired) electrons. The van der Waals surface area contributed by atoms with E-state index in [1.165, 1.54) is 55.6 Å². The molecular formula is C20H25FN4OS. The molecule has 2 fully saturated rings. The molecule has 4 rings (SSSR count). The summed E-state index contributed by atoms with van der Waals surface area (Å²) in [7, 11) is 0. The van der Waals surface area contributed by atoms with Crippen LogP contribution >= 0.6 is 11.3 Å². The highest BCUT2D eigenvalue weighted by atomic mass is 32.1. The fourth-order valence-electron chi connectivity index (χ4n) is 4.28. The smallest absolute Gasteiger partial charge is 0.282 e. The maximum atomic E-state index is 12.9. The molecule has 2 aromatic rings. The second kappa shape index (κ2) is 8.44. The number of piperidine rings is 1. The second-order valence-electron chi connectivity index (χ2n) is 7.64. The fraction of sp³-hybridized carbons (Fsp3) is 0.550. The molecule has 1 aliphatic carbocycles. The maximum absolute atomic E-state index is 12.9. The molecule has 1 N–H and O–H groups in total. The molecule has 2 unspecified atom stereocenters. The van der Waals surface area contributed by atoms with Crippen LogP contribution in [0.1, 0.15) is 52.5 Å². The van der Waals surface area contributed by atoms with Crippen LogP contribution < -0.4 is 5.32 Å². The normalized spacial score (nSPS) is 23.0. The van der Waals surface area contributed by atoms with Gasteiger partial charge in [-0.15, -0.1) is 10.2 Å². The lowest BCUT2D eigenvalue weighted by atomic mass is 9.75. The van der Waals surface area contributed by atoms with Gasteiger partial charge in [-0.1, -0.05) is 42.7 Å². The zero-order chi connectivity index (χ0) is 18.6. The van der Waals surface area contributed by atoms with Crippen molar-refractivity contribution in [3.8, 4) is 0 Å². The summed E-state index contributed by atoms with van der Waals surface area (Å²) in [4.78, 5) is 14.8. The van der Waals surface area contributed by atoms with Gasteiger partial charge in [0.15, 0.2) is 0 Å². The summed E-state index contributed by atoms with van der Waals surface area (Å²) in [6, 6.07) is 6.10. The van der Waals surface area contributed by atoms with E-state index in [9.17, 15) is 9.18 Å². The first kappa shape index (κ1) is 18.5. The van der Waals surface area contributed by atoms with Crippen LogP contribution in [0.15, 0.2) is 24.3 Å². The Labute approximate surface area is 163 Å². The Hall–Kier alpha value is -1.86. The van der Waals surface area contributed by atoms with Crippen molar-refractivity contribution in [1.82, 2.24) is 20.4 Å². The molecule has 1 aromatic heterocycles.